The predicted octanol–water partition coefficient (Wildman–Crippen LogP) is -2.30. The smallest absolute Gasteiger partial charge is 0.320 e. The predicted molar refractivity (Wildman–Crippen MR) is 166 cm³/mol. The lowest BCUT2D eigenvalue weighted by atomic mass is 10.1. The van der Waals surface area contributed by atoms with Crippen molar-refractivity contribution in [3.05, 3.63) is 6.33 Å². The third kappa shape index (κ3) is 9.90. The van der Waals surface area contributed by atoms with Crippen LogP contribution in [0.4, 0.5) is 11.8 Å². The number of ether oxygens (including phenoxy) is 1. The van der Waals surface area contributed by atoms with E-state index in [1.54, 1.807) is 13.8 Å². The van der Waals surface area contributed by atoms with E-state index in [9.17, 15) is 33.0 Å². The van der Waals surface area contributed by atoms with Gasteiger partial charge in [0, 0.05) is 38.6 Å². The van der Waals surface area contributed by atoms with Crippen LogP contribution in [0.25, 0.3) is 11.2 Å². The molecule has 5 atom stereocenters. The maximum atomic E-state index is 13.3. The van der Waals surface area contributed by atoms with E-state index in [-0.39, 0.29) is 67.4 Å². The molecule has 10 N–H and O–H groups in total. The number of hydrogen-bond donors (Lipinski definition) is 8. The Kier molecular flexibility index (Phi) is 13.0. The van der Waals surface area contributed by atoms with Crippen LogP contribution in [0, 0.1) is 0 Å². The number of aromatic nitrogens is 4. The molecule has 0 aliphatic carbocycles. The van der Waals surface area contributed by atoms with Crippen molar-refractivity contribution in [1.29, 1.82) is 0 Å². The highest BCUT2D eigenvalue weighted by Gasteiger charge is 2.49. The summed E-state index contributed by atoms with van der Waals surface area (Å²) in [5.74, 6) is -1.90. The van der Waals surface area contributed by atoms with Crippen LogP contribution in [0.1, 0.15) is 52.2 Å². The van der Waals surface area contributed by atoms with Crippen molar-refractivity contribution < 1.29 is 42.9 Å². The second kappa shape index (κ2) is 16.2. The van der Waals surface area contributed by atoms with E-state index < -0.39 is 52.5 Å². The molecule has 2 amide bonds. The zero-order chi connectivity index (χ0) is 34.2. The number of anilines is 2. The summed E-state index contributed by atoms with van der Waals surface area (Å²) in [6.45, 7) is 4.25. The molecule has 1 saturated heterocycles. The summed E-state index contributed by atoms with van der Waals surface area (Å²) in [7, 11) is -3.22. The summed E-state index contributed by atoms with van der Waals surface area (Å²) in [6, 6.07) is -1.56. The number of carboxylic acid groups (broad SMARTS) is 1. The lowest BCUT2D eigenvalue weighted by molar-refractivity contribution is -0.151. The molecule has 3 rings (SSSR count). The molecule has 3 heterocycles. The fraction of sp³-hybridized carbons (Fsp3) is 0.692. The van der Waals surface area contributed by atoms with Crippen molar-refractivity contribution >= 4 is 50.7 Å². The maximum Gasteiger partial charge on any atom is 0.320 e. The number of aliphatic hydroxyl groups excluding tert-OH is 2. The number of sulfonamides is 1. The van der Waals surface area contributed by atoms with Crippen LogP contribution in [-0.4, -0.2) is 129 Å². The van der Waals surface area contributed by atoms with E-state index in [1.165, 1.54) is 15.8 Å². The van der Waals surface area contributed by atoms with E-state index in [0.717, 1.165) is 6.26 Å². The minimum absolute atomic E-state index is 0.00439. The van der Waals surface area contributed by atoms with E-state index in [0.29, 0.717) is 25.8 Å². The van der Waals surface area contributed by atoms with E-state index in [4.69, 9.17) is 21.3 Å². The quantitative estimate of drug-likeness (QED) is 0.0773. The standard InChI is InChI=1S/C26H44N10O9S/c1-14(2)35(12-8-15(27)25(41)42)23(40)20-18(38)19(39)24(45-20)36-13-31-17-21(28)33-26(34-22(17)36)30-11-10-29-16(37)7-5-4-6-9-32-46(3,43)44/h13-15,18-20,24,32,38-39H,4-12,27H2,1-3H3,(H,29,37)(H,41,42)(H3,28,30,33,34). The van der Waals surface area contributed by atoms with Gasteiger partial charge in [0.15, 0.2) is 23.8 Å². The minimum Gasteiger partial charge on any atom is -0.480 e. The number of hydrogen-bond acceptors (Lipinski definition) is 14. The molecule has 1 fully saturated rings. The van der Waals surface area contributed by atoms with Gasteiger partial charge in [-0.1, -0.05) is 6.42 Å². The summed E-state index contributed by atoms with van der Waals surface area (Å²) >= 11 is 0. The number of amides is 2. The second-order valence-electron chi connectivity index (χ2n) is 11.3. The Hall–Kier alpha value is -3.69. The van der Waals surface area contributed by atoms with Crippen molar-refractivity contribution in [2.75, 3.05) is 43.5 Å². The highest BCUT2D eigenvalue weighted by molar-refractivity contribution is 7.88. The number of aliphatic hydroxyl groups is 2. The molecule has 46 heavy (non-hydrogen) atoms. The average molecular weight is 673 g/mol. The highest BCUT2D eigenvalue weighted by Crippen LogP contribution is 2.33. The molecule has 0 spiro atoms. The van der Waals surface area contributed by atoms with Gasteiger partial charge >= 0.3 is 5.97 Å². The maximum absolute atomic E-state index is 13.3. The number of unbranched alkanes of at least 4 members (excludes halogenated alkanes) is 2. The molecule has 1 aliphatic heterocycles. The molecule has 2 aromatic rings. The molecule has 0 radical (unpaired) electrons. The van der Waals surface area contributed by atoms with Crippen molar-refractivity contribution in [3.63, 3.8) is 0 Å². The number of imidazole rings is 1. The number of aliphatic carboxylic acids is 1. The molecule has 5 unspecified atom stereocenters. The number of carbonyl (C=O) groups excluding carboxylic acids is 2. The van der Waals surface area contributed by atoms with Crippen LogP contribution in [0.2, 0.25) is 0 Å². The van der Waals surface area contributed by atoms with E-state index in [2.05, 4.69) is 30.3 Å². The number of carbonyl (C=O) groups is 3. The number of rotatable bonds is 18. The lowest BCUT2D eigenvalue weighted by Crippen LogP contribution is -2.49. The van der Waals surface area contributed by atoms with E-state index in [1.807, 2.05) is 0 Å². The van der Waals surface area contributed by atoms with Crippen LogP contribution in [-0.2, 0) is 29.1 Å². The van der Waals surface area contributed by atoms with Gasteiger partial charge in [0.2, 0.25) is 21.9 Å². The first-order valence-electron chi connectivity index (χ1n) is 14.9. The van der Waals surface area contributed by atoms with Crippen molar-refractivity contribution in [2.24, 2.45) is 5.73 Å². The number of nitrogens with two attached hydrogens (primary N) is 2. The fourth-order valence-corrected chi connectivity index (χ4v) is 5.31. The fourth-order valence-electron chi connectivity index (χ4n) is 4.79. The molecule has 20 heteroatoms. The average Bonchev–Trinajstić information content (AvgIpc) is 3.52. The van der Waals surface area contributed by atoms with E-state index >= 15 is 0 Å². The normalized spacial score (nSPS) is 20.6. The summed E-state index contributed by atoms with van der Waals surface area (Å²) in [6.07, 6.45) is -1.34. The number of carboxylic acids is 1. The first-order valence-corrected chi connectivity index (χ1v) is 16.8. The molecule has 1 aliphatic rings. The molecule has 0 bridgehead atoms. The second-order valence-corrected chi connectivity index (χ2v) is 13.1. The Balaban J connectivity index is 1.59. The van der Waals surface area contributed by atoms with Crippen molar-refractivity contribution in [2.45, 2.75) is 82.6 Å². The Morgan fingerprint density at radius 1 is 1.11 bits per heavy atom. The summed E-state index contributed by atoms with van der Waals surface area (Å²) in [5.41, 5.74) is 12.0. The molecule has 19 nitrogen and oxygen atoms in total. The summed E-state index contributed by atoms with van der Waals surface area (Å²) < 4.78 is 31.7. The Morgan fingerprint density at radius 3 is 2.48 bits per heavy atom. The molecular weight excluding hydrogens is 628 g/mol. The molecule has 0 aromatic carbocycles. The van der Waals surface area contributed by atoms with Gasteiger partial charge in [-0.3, -0.25) is 19.0 Å². The number of nitrogen functional groups attached to an aromatic ring is 1. The van der Waals surface area contributed by atoms with Crippen LogP contribution in [0.5, 0.6) is 0 Å². The van der Waals surface area contributed by atoms with Gasteiger partial charge < -0.3 is 47.1 Å². The lowest BCUT2D eigenvalue weighted by Gasteiger charge is -2.30. The molecule has 2 aromatic heterocycles. The highest BCUT2D eigenvalue weighted by atomic mass is 32.2. The molecular formula is C26H44N10O9S. The van der Waals surface area contributed by atoms with Gasteiger partial charge in [0.1, 0.15) is 23.8 Å². The Bertz CT molecular complexity index is 1470. The van der Waals surface area contributed by atoms with Crippen molar-refractivity contribution in [3.8, 4) is 0 Å². The van der Waals surface area contributed by atoms with Gasteiger partial charge in [-0.2, -0.15) is 9.97 Å². The number of nitrogens with one attached hydrogen (secondary N) is 3. The van der Waals surface area contributed by atoms with Crippen LogP contribution < -0.4 is 26.8 Å². The topological polar surface area (TPSA) is 290 Å². The third-order valence-electron chi connectivity index (χ3n) is 7.28. The van der Waals surface area contributed by atoms with Gasteiger partial charge in [0.25, 0.3) is 5.91 Å². The van der Waals surface area contributed by atoms with Crippen LogP contribution in [0.3, 0.4) is 0 Å². The summed E-state index contributed by atoms with van der Waals surface area (Å²) in [4.78, 5) is 50.7. The minimum atomic E-state index is -3.22. The van der Waals surface area contributed by atoms with Gasteiger partial charge in [-0.25, -0.2) is 18.1 Å². The Morgan fingerprint density at radius 2 is 1.83 bits per heavy atom. The SMILES string of the molecule is CC(C)N(CCC(N)C(=O)O)C(=O)C1OC(n2cnc3c(N)nc(NCCNC(=O)CCCCCNS(C)(=O)=O)nc32)C(O)C1O. The number of fused-ring (bicyclic) bond motifs is 1. The van der Waals surface area contributed by atoms with Gasteiger partial charge in [-0.15, -0.1) is 0 Å². The first kappa shape index (κ1) is 36.8. The molecule has 258 valence electrons. The first-order chi connectivity index (χ1) is 21.6. The van der Waals surface area contributed by atoms with Crippen LogP contribution in [0.15, 0.2) is 6.33 Å². The third-order valence-corrected chi connectivity index (χ3v) is 8.01. The zero-order valence-electron chi connectivity index (χ0n) is 26.0. The van der Waals surface area contributed by atoms with Crippen LogP contribution >= 0.6 is 0 Å². The monoisotopic (exact) mass is 672 g/mol. The summed E-state index contributed by atoms with van der Waals surface area (Å²) in [5, 5.41) is 36.5. The molecule has 0 saturated carbocycles. The van der Waals surface area contributed by atoms with Gasteiger partial charge in [0.05, 0.1) is 12.6 Å². The Labute approximate surface area is 266 Å². The van der Waals surface area contributed by atoms with Gasteiger partial charge in [-0.05, 0) is 33.1 Å². The zero-order valence-corrected chi connectivity index (χ0v) is 26.8. The largest absolute Gasteiger partial charge is 0.480 e. The van der Waals surface area contributed by atoms with Crippen molar-refractivity contribution in [1.82, 2.24) is 34.5 Å². The number of nitrogens with zero attached hydrogens (tertiary/aromatic N) is 5.